The number of rotatable bonds is 2. The molecule has 1 aromatic carbocycles. The molecule has 1 aromatic rings. The number of Topliss-reactive ketones (excluding diaryl/α,β-unsaturated/α-hetero) is 1. The molecule has 1 rings (SSSR count). The zero-order chi connectivity index (χ0) is 12.5. The fourth-order valence-corrected chi connectivity index (χ4v) is 1.59. The van der Waals surface area contributed by atoms with Crippen LogP contribution in [0, 0.1) is 0 Å². The fourth-order valence-electron chi connectivity index (χ4n) is 1.19. The first-order valence-corrected chi connectivity index (χ1v) is 4.88. The number of halogens is 5. The van der Waals surface area contributed by atoms with E-state index in [1.54, 1.807) is 0 Å². The first-order valence-electron chi connectivity index (χ1n) is 3.97. The second-order valence-electron chi connectivity index (χ2n) is 2.87. The van der Waals surface area contributed by atoms with E-state index in [4.69, 9.17) is 23.2 Å². The standard InChI is InChI=1S/C9H5Cl2F3O2/c10-3-6(16)7-5(15)2-1-4(11)8(7)9(12,13)14/h1-2,15H,3H2. The van der Waals surface area contributed by atoms with Gasteiger partial charge in [0, 0.05) is 0 Å². The van der Waals surface area contributed by atoms with Gasteiger partial charge in [-0.1, -0.05) is 11.6 Å². The lowest BCUT2D eigenvalue weighted by molar-refractivity contribution is -0.137. The molecule has 88 valence electrons. The van der Waals surface area contributed by atoms with Crippen molar-refractivity contribution in [2.75, 3.05) is 5.88 Å². The highest BCUT2D eigenvalue weighted by Gasteiger charge is 2.39. The highest BCUT2D eigenvalue weighted by atomic mass is 35.5. The minimum Gasteiger partial charge on any atom is -0.507 e. The number of hydrogen-bond donors (Lipinski definition) is 1. The molecular formula is C9H5Cl2F3O2. The molecule has 0 spiro atoms. The minimum atomic E-state index is -4.83. The first kappa shape index (κ1) is 13.1. The van der Waals surface area contributed by atoms with Crippen LogP contribution in [0.4, 0.5) is 13.2 Å². The third kappa shape index (κ3) is 2.41. The number of carbonyl (C=O) groups excluding carboxylic acids is 1. The Bertz CT molecular complexity index is 429. The van der Waals surface area contributed by atoms with Gasteiger partial charge in [0.1, 0.15) is 5.75 Å². The van der Waals surface area contributed by atoms with Gasteiger partial charge in [0.25, 0.3) is 0 Å². The van der Waals surface area contributed by atoms with Crippen LogP contribution in [-0.2, 0) is 6.18 Å². The van der Waals surface area contributed by atoms with E-state index in [1.165, 1.54) is 0 Å². The summed E-state index contributed by atoms with van der Waals surface area (Å²) in [6.07, 6.45) is -4.83. The Labute approximate surface area is 98.6 Å². The van der Waals surface area contributed by atoms with Crippen molar-refractivity contribution in [2.45, 2.75) is 6.18 Å². The second kappa shape index (κ2) is 4.51. The van der Waals surface area contributed by atoms with E-state index in [9.17, 15) is 23.1 Å². The van der Waals surface area contributed by atoms with Gasteiger partial charge in [0.05, 0.1) is 22.0 Å². The molecule has 0 unspecified atom stereocenters. The van der Waals surface area contributed by atoms with Gasteiger partial charge in [-0.2, -0.15) is 13.2 Å². The van der Waals surface area contributed by atoms with E-state index >= 15 is 0 Å². The molecule has 7 heteroatoms. The van der Waals surface area contributed by atoms with Crippen LogP contribution in [0.25, 0.3) is 0 Å². The number of hydrogen-bond acceptors (Lipinski definition) is 2. The highest BCUT2D eigenvalue weighted by Crippen LogP contribution is 2.40. The quantitative estimate of drug-likeness (QED) is 0.661. The minimum absolute atomic E-state index is 0.654. The Hall–Kier alpha value is -0.940. The van der Waals surface area contributed by atoms with Crippen molar-refractivity contribution in [3.8, 4) is 5.75 Å². The van der Waals surface area contributed by atoms with E-state index in [0.717, 1.165) is 12.1 Å². The average Bonchev–Trinajstić information content (AvgIpc) is 2.18. The first-order chi connectivity index (χ1) is 7.29. The zero-order valence-corrected chi connectivity index (χ0v) is 9.12. The lowest BCUT2D eigenvalue weighted by Crippen LogP contribution is -2.15. The molecule has 0 aliphatic rings. The zero-order valence-electron chi connectivity index (χ0n) is 7.61. The molecule has 0 radical (unpaired) electrons. The molecule has 0 saturated carbocycles. The molecule has 0 aliphatic heterocycles. The van der Waals surface area contributed by atoms with Crippen LogP contribution in [0.5, 0.6) is 5.75 Å². The van der Waals surface area contributed by atoms with Crippen LogP contribution in [0.1, 0.15) is 15.9 Å². The molecule has 0 aliphatic carbocycles. The van der Waals surface area contributed by atoms with Crippen molar-refractivity contribution >= 4 is 29.0 Å². The summed E-state index contributed by atoms with van der Waals surface area (Å²) in [6, 6.07) is 1.78. The number of carbonyl (C=O) groups is 1. The summed E-state index contributed by atoms with van der Waals surface area (Å²) in [5.41, 5.74) is -2.25. The molecule has 16 heavy (non-hydrogen) atoms. The summed E-state index contributed by atoms with van der Waals surface area (Å²) >= 11 is 10.5. The second-order valence-corrected chi connectivity index (χ2v) is 3.55. The van der Waals surface area contributed by atoms with Gasteiger partial charge < -0.3 is 5.11 Å². The molecular weight excluding hydrogens is 268 g/mol. The molecule has 0 fully saturated rings. The van der Waals surface area contributed by atoms with Crippen LogP contribution in [0.3, 0.4) is 0 Å². The van der Waals surface area contributed by atoms with Crippen LogP contribution in [0.15, 0.2) is 12.1 Å². The van der Waals surface area contributed by atoms with Gasteiger partial charge in [0.15, 0.2) is 5.78 Å². The third-order valence-electron chi connectivity index (χ3n) is 1.82. The van der Waals surface area contributed by atoms with E-state index < -0.39 is 39.7 Å². The number of phenolic OH excluding ortho intramolecular Hbond substituents is 1. The van der Waals surface area contributed by atoms with Crippen molar-refractivity contribution in [1.82, 2.24) is 0 Å². The van der Waals surface area contributed by atoms with Crippen molar-refractivity contribution in [3.63, 3.8) is 0 Å². The molecule has 0 heterocycles. The fraction of sp³-hybridized carbons (Fsp3) is 0.222. The third-order valence-corrected chi connectivity index (χ3v) is 2.37. The Morgan fingerprint density at radius 3 is 2.38 bits per heavy atom. The Morgan fingerprint density at radius 1 is 1.38 bits per heavy atom. The summed E-state index contributed by atoms with van der Waals surface area (Å²) in [7, 11) is 0. The van der Waals surface area contributed by atoms with Crippen LogP contribution in [-0.4, -0.2) is 16.8 Å². The molecule has 0 saturated heterocycles. The van der Waals surface area contributed by atoms with Crippen molar-refractivity contribution < 1.29 is 23.1 Å². The lowest BCUT2D eigenvalue weighted by Gasteiger charge is -2.14. The molecule has 1 N–H and O–H groups in total. The van der Waals surface area contributed by atoms with Crippen molar-refractivity contribution in [3.05, 3.63) is 28.3 Å². The number of phenols is 1. The lowest BCUT2D eigenvalue weighted by atomic mass is 10.0. The molecule has 0 atom stereocenters. The smallest absolute Gasteiger partial charge is 0.418 e. The van der Waals surface area contributed by atoms with E-state index in [1.807, 2.05) is 0 Å². The SMILES string of the molecule is O=C(CCl)c1c(O)ccc(Cl)c1C(F)(F)F. The van der Waals surface area contributed by atoms with Gasteiger partial charge in [-0.05, 0) is 12.1 Å². The van der Waals surface area contributed by atoms with E-state index in [-0.39, 0.29) is 0 Å². The number of alkyl halides is 4. The number of benzene rings is 1. The summed E-state index contributed by atoms with van der Waals surface area (Å²) in [5.74, 6) is -2.49. The average molecular weight is 273 g/mol. The van der Waals surface area contributed by atoms with Crippen molar-refractivity contribution in [2.24, 2.45) is 0 Å². The summed E-state index contributed by atoms with van der Waals surface area (Å²) in [4.78, 5) is 11.2. The number of aromatic hydroxyl groups is 1. The summed E-state index contributed by atoms with van der Waals surface area (Å²) in [5, 5.41) is 8.59. The highest BCUT2D eigenvalue weighted by molar-refractivity contribution is 6.34. The van der Waals surface area contributed by atoms with Crippen molar-refractivity contribution in [1.29, 1.82) is 0 Å². The number of ketones is 1. The monoisotopic (exact) mass is 272 g/mol. The Morgan fingerprint density at radius 2 is 1.94 bits per heavy atom. The predicted molar refractivity (Wildman–Crippen MR) is 53.2 cm³/mol. The predicted octanol–water partition coefficient (Wildman–Crippen LogP) is 3.49. The Balaban J connectivity index is 3.56. The topological polar surface area (TPSA) is 37.3 Å². The molecule has 0 amide bonds. The summed E-state index contributed by atoms with van der Waals surface area (Å²) in [6.45, 7) is 0. The molecule has 2 nitrogen and oxygen atoms in total. The normalized spacial score (nSPS) is 11.6. The molecule has 0 bridgehead atoms. The van der Waals surface area contributed by atoms with Crippen LogP contribution < -0.4 is 0 Å². The van der Waals surface area contributed by atoms with Gasteiger partial charge in [-0.25, -0.2) is 0 Å². The largest absolute Gasteiger partial charge is 0.507 e. The summed E-state index contributed by atoms with van der Waals surface area (Å²) < 4.78 is 37.8. The van der Waals surface area contributed by atoms with Crippen LogP contribution in [0.2, 0.25) is 5.02 Å². The maximum Gasteiger partial charge on any atom is 0.418 e. The van der Waals surface area contributed by atoms with Gasteiger partial charge in [-0.15, -0.1) is 11.6 Å². The van der Waals surface area contributed by atoms with E-state index in [0.29, 0.717) is 0 Å². The molecule has 0 aromatic heterocycles. The maximum absolute atomic E-state index is 12.6. The maximum atomic E-state index is 12.6. The van der Waals surface area contributed by atoms with E-state index in [2.05, 4.69) is 0 Å². The van der Waals surface area contributed by atoms with Gasteiger partial charge in [-0.3, -0.25) is 4.79 Å². The van der Waals surface area contributed by atoms with Gasteiger partial charge in [0.2, 0.25) is 0 Å². The van der Waals surface area contributed by atoms with Crippen LogP contribution >= 0.6 is 23.2 Å². The van der Waals surface area contributed by atoms with Gasteiger partial charge >= 0.3 is 6.18 Å². The Kier molecular flexibility index (Phi) is 3.70.